The lowest BCUT2D eigenvalue weighted by Gasteiger charge is -2.45. The van der Waals surface area contributed by atoms with E-state index in [0.717, 1.165) is 17.7 Å². The van der Waals surface area contributed by atoms with Crippen molar-refractivity contribution < 1.29 is 9.84 Å². The number of β-amino-alcohol motifs (C(OH)–C–C–N with tert-alkyl or cyclic N) is 1. The van der Waals surface area contributed by atoms with E-state index >= 15 is 0 Å². The Morgan fingerprint density at radius 2 is 1.86 bits per heavy atom. The Hall–Kier alpha value is -2.82. The van der Waals surface area contributed by atoms with Crippen LogP contribution in [0.25, 0.3) is 0 Å². The fraction of sp³-hybridized carbons (Fsp3) is 0.357. The minimum Gasteiger partial charge on any atom is -0.494 e. The van der Waals surface area contributed by atoms with Crippen molar-refractivity contribution in [1.29, 1.82) is 5.26 Å². The van der Waals surface area contributed by atoms with Crippen LogP contribution in [-0.2, 0) is 5.60 Å². The van der Waals surface area contributed by atoms with Gasteiger partial charge < -0.3 is 14.7 Å². The molecular formula is C28H30Cl2N4O2. The first-order valence-electron chi connectivity index (χ1n) is 12.1. The number of hydrogen-bond donors (Lipinski definition) is 1. The third kappa shape index (κ3) is 6.11. The summed E-state index contributed by atoms with van der Waals surface area (Å²) in [5.74, 6) is 0.699. The summed E-state index contributed by atoms with van der Waals surface area (Å²) in [5, 5.41) is 22.4. The predicted octanol–water partition coefficient (Wildman–Crippen LogP) is 5.82. The van der Waals surface area contributed by atoms with Gasteiger partial charge in [0.2, 0.25) is 0 Å². The van der Waals surface area contributed by atoms with Gasteiger partial charge in [-0.1, -0.05) is 42.3 Å². The fourth-order valence-electron chi connectivity index (χ4n) is 4.62. The predicted molar refractivity (Wildman–Crippen MR) is 144 cm³/mol. The summed E-state index contributed by atoms with van der Waals surface area (Å²) in [4.78, 5) is 8.83. The summed E-state index contributed by atoms with van der Waals surface area (Å²) in [6, 6.07) is 19.3. The molecule has 2 heterocycles. The van der Waals surface area contributed by atoms with Gasteiger partial charge in [0.05, 0.1) is 34.6 Å². The third-order valence-electron chi connectivity index (χ3n) is 6.40. The van der Waals surface area contributed by atoms with Gasteiger partial charge in [-0.2, -0.15) is 5.26 Å². The molecule has 1 aliphatic rings. The number of benzene rings is 2. The van der Waals surface area contributed by atoms with E-state index in [1.54, 1.807) is 25.3 Å². The van der Waals surface area contributed by atoms with Gasteiger partial charge in [-0.15, -0.1) is 0 Å². The molecule has 0 radical (unpaired) electrons. The lowest BCUT2D eigenvalue weighted by atomic mass is 9.96. The van der Waals surface area contributed by atoms with Crippen LogP contribution in [0.1, 0.15) is 43.1 Å². The Balaban J connectivity index is 1.62. The molecule has 8 heteroatoms. The van der Waals surface area contributed by atoms with Gasteiger partial charge in [0.15, 0.2) is 0 Å². The van der Waals surface area contributed by atoms with Crippen LogP contribution in [0.4, 0.5) is 5.69 Å². The van der Waals surface area contributed by atoms with Crippen molar-refractivity contribution in [2.75, 3.05) is 37.7 Å². The smallest absolute Gasteiger partial charge is 0.120 e. The van der Waals surface area contributed by atoms with Gasteiger partial charge in [0, 0.05) is 37.4 Å². The summed E-state index contributed by atoms with van der Waals surface area (Å²) >= 11 is 12.2. The molecule has 1 aliphatic heterocycles. The maximum absolute atomic E-state index is 11.3. The van der Waals surface area contributed by atoms with Gasteiger partial charge in [-0.3, -0.25) is 9.88 Å². The molecule has 1 saturated heterocycles. The standard InChI is InChI=1S/C28H30Cl2N4O2/c1-3-14-36-24-9-10-25(21(15-24)16-31)34-13-12-33(18-26(34)20-4-6-22(29)7-5-20)19-28(2,35)27-11-8-23(30)17-32-27/h4-11,15,17,26,35H,3,12-14,18-19H2,1-2H3/t26-,28+/m0/s1. The van der Waals surface area contributed by atoms with Crippen LogP contribution < -0.4 is 9.64 Å². The molecule has 36 heavy (non-hydrogen) atoms. The number of anilines is 1. The van der Waals surface area contributed by atoms with Crippen LogP contribution in [0.3, 0.4) is 0 Å². The van der Waals surface area contributed by atoms with Crippen molar-refractivity contribution in [3.8, 4) is 11.8 Å². The minimum atomic E-state index is -1.15. The van der Waals surface area contributed by atoms with Crippen LogP contribution >= 0.6 is 23.2 Å². The number of ether oxygens (including phenoxy) is 1. The van der Waals surface area contributed by atoms with Crippen LogP contribution in [0, 0.1) is 11.3 Å². The zero-order chi connectivity index (χ0) is 25.7. The highest BCUT2D eigenvalue weighted by Gasteiger charge is 2.34. The Kier molecular flexibility index (Phi) is 8.38. The summed E-state index contributed by atoms with van der Waals surface area (Å²) in [6.45, 7) is 6.90. The Labute approximate surface area is 222 Å². The van der Waals surface area contributed by atoms with Gasteiger partial charge in [0.1, 0.15) is 17.4 Å². The highest BCUT2D eigenvalue weighted by atomic mass is 35.5. The van der Waals surface area contributed by atoms with E-state index in [1.807, 2.05) is 42.5 Å². The number of halogens is 2. The highest BCUT2D eigenvalue weighted by Crippen LogP contribution is 2.36. The number of nitriles is 1. The topological polar surface area (TPSA) is 72.6 Å². The van der Waals surface area contributed by atoms with Crippen molar-refractivity contribution in [1.82, 2.24) is 9.88 Å². The Morgan fingerprint density at radius 3 is 2.53 bits per heavy atom. The molecule has 2 aromatic carbocycles. The number of aromatic nitrogens is 1. The average molecular weight is 525 g/mol. The number of pyridine rings is 1. The molecule has 4 rings (SSSR count). The van der Waals surface area contributed by atoms with Crippen molar-refractivity contribution in [3.63, 3.8) is 0 Å². The first kappa shape index (κ1) is 26.2. The molecule has 0 aliphatic carbocycles. The zero-order valence-corrected chi connectivity index (χ0v) is 22.0. The van der Waals surface area contributed by atoms with E-state index in [9.17, 15) is 10.4 Å². The molecule has 0 unspecified atom stereocenters. The van der Waals surface area contributed by atoms with Gasteiger partial charge in [-0.25, -0.2) is 0 Å². The van der Waals surface area contributed by atoms with Crippen molar-refractivity contribution in [3.05, 3.63) is 87.7 Å². The lowest BCUT2D eigenvalue weighted by molar-refractivity contribution is 0.00678. The normalized spacial score (nSPS) is 17.9. The molecular weight excluding hydrogens is 495 g/mol. The van der Waals surface area contributed by atoms with Gasteiger partial charge >= 0.3 is 0 Å². The quantitative estimate of drug-likeness (QED) is 0.400. The molecule has 1 aromatic heterocycles. The first-order valence-corrected chi connectivity index (χ1v) is 12.8. The number of aliphatic hydroxyl groups is 1. The van der Waals surface area contributed by atoms with Crippen LogP contribution in [0.2, 0.25) is 10.0 Å². The molecule has 3 aromatic rings. The molecule has 188 valence electrons. The monoisotopic (exact) mass is 524 g/mol. The second kappa shape index (κ2) is 11.5. The van der Waals surface area contributed by atoms with E-state index in [4.69, 9.17) is 27.9 Å². The van der Waals surface area contributed by atoms with Crippen molar-refractivity contribution in [2.24, 2.45) is 0 Å². The van der Waals surface area contributed by atoms with Crippen LogP contribution in [0.5, 0.6) is 5.75 Å². The zero-order valence-electron chi connectivity index (χ0n) is 20.5. The molecule has 0 saturated carbocycles. The minimum absolute atomic E-state index is 0.0421. The number of rotatable bonds is 8. The second-order valence-electron chi connectivity index (χ2n) is 9.27. The highest BCUT2D eigenvalue weighted by molar-refractivity contribution is 6.30. The largest absolute Gasteiger partial charge is 0.494 e. The SMILES string of the molecule is CCCOc1ccc(N2CCN(C[C@@](C)(O)c3ccc(Cl)cn3)C[C@H]2c2ccc(Cl)cc2)c(C#N)c1. The summed E-state index contributed by atoms with van der Waals surface area (Å²) in [7, 11) is 0. The molecule has 1 fully saturated rings. The molecule has 0 amide bonds. The fourth-order valence-corrected chi connectivity index (χ4v) is 4.86. The number of hydrogen-bond acceptors (Lipinski definition) is 6. The second-order valence-corrected chi connectivity index (χ2v) is 10.1. The van der Waals surface area contributed by atoms with E-state index in [2.05, 4.69) is 27.8 Å². The van der Waals surface area contributed by atoms with Crippen molar-refractivity contribution in [2.45, 2.75) is 31.9 Å². The lowest BCUT2D eigenvalue weighted by Crippen LogP contribution is -2.52. The number of piperazine rings is 1. The first-order chi connectivity index (χ1) is 17.3. The Morgan fingerprint density at radius 1 is 1.11 bits per heavy atom. The van der Waals surface area contributed by atoms with Gasteiger partial charge in [0.25, 0.3) is 0 Å². The Bertz CT molecular complexity index is 1210. The van der Waals surface area contributed by atoms with E-state index < -0.39 is 5.60 Å². The average Bonchev–Trinajstić information content (AvgIpc) is 2.88. The maximum atomic E-state index is 11.3. The molecule has 6 nitrogen and oxygen atoms in total. The molecule has 2 atom stereocenters. The van der Waals surface area contributed by atoms with E-state index in [1.165, 1.54) is 0 Å². The van der Waals surface area contributed by atoms with E-state index in [0.29, 0.717) is 59.8 Å². The molecule has 0 spiro atoms. The van der Waals surface area contributed by atoms with Crippen LogP contribution in [0.15, 0.2) is 60.8 Å². The third-order valence-corrected chi connectivity index (χ3v) is 6.88. The molecule has 0 bridgehead atoms. The van der Waals surface area contributed by atoms with Crippen LogP contribution in [-0.4, -0.2) is 47.8 Å². The summed E-state index contributed by atoms with van der Waals surface area (Å²) < 4.78 is 5.75. The number of nitrogens with zero attached hydrogens (tertiary/aromatic N) is 4. The van der Waals surface area contributed by atoms with E-state index in [-0.39, 0.29) is 6.04 Å². The maximum Gasteiger partial charge on any atom is 0.120 e. The summed E-state index contributed by atoms with van der Waals surface area (Å²) in [5.41, 5.74) is 1.96. The summed E-state index contributed by atoms with van der Waals surface area (Å²) in [6.07, 6.45) is 2.46. The van der Waals surface area contributed by atoms with Crippen molar-refractivity contribution >= 4 is 28.9 Å². The molecule has 1 N–H and O–H groups in total. The van der Waals surface area contributed by atoms with Gasteiger partial charge in [-0.05, 0) is 61.4 Å².